The molecule has 1 aromatic heterocycles. The van der Waals surface area contributed by atoms with Crippen molar-refractivity contribution in [1.82, 2.24) is 14.9 Å². The lowest BCUT2D eigenvalue weighted by Gasteiger charge is -2.32. The van der Waals surface area contributed by atoms with Crippen molar-refractivity contribution in [2.75, 3.05) is 18.8 Å². The number of carbonyl (C=O) groups is 1. The number of thioether (sulfide) groups is 1. The molecule has 0 N–H and O–H groups in total. The summed E-state index contributed by atoms with van der Waals surface area (Å²) in [5.74, 6) is 1.61. The van der Waals surface area contributed by atoms with Crippen molar-refractivity contribution in [1.29, 1.82) is 0 Å². The van der Waals surface area contributed by atoms with E-state index in [0.717, 1.165) is 35.9 Å². The summed E-state index contributed by atoms with van der Waals surface area (Å²) in [6, 6.07) is 0. The first kappa shape index (κ1) is 18.7. The number of carbonyl (C=O) groups excluding carboxylic acids is 1. The van der Waals surface area contributed by atoms with E-state index in [4.69, 9.17) is 9.31 Å². The molecular formula is C17H26BN3O3S. The Hall–Kier alpha value is -1.12. The SMILES string of the molecule is CC(=O)N1CC[C@H](CSc2ncc(B3OC(C)(C)C(C)(C)O3)cn2)C1. The van der Waals surface area contributed by atoms with Crippen molar-refractivity contribution >= 4 is 30.3 Å². The molecule has 0 saturated carbocycles. The van der Waals surface area contributed by atoms with Gasteiger partial charge in [0.05, 0.1) is 11.2 Å². The standard InChI is InChI=1S/C17H26BN3O3S/c1-12(22)21-7-6-13(10-21)11-25-15-19-8-14(9-20-15)18-23-16(2,3)17(4,5)24-18/h8-9,13H,6-7,10-11H2,1-5H3/t13-/m0/s1. The minimum Gasteiger partial charge on any atom is -0.399 e. The second-order valence-electron chi connectivity index (χ2n) is 7.82. The van der Waals surface area contributed by atoms with Crippen LogP contribution in [-0.2, 0) is 14.1 Å². The van der Waals surface area contributed by atoms with Gasteiger partial charge in [0.15, 0.2) is 5.16 Å². The normalized spacial score (nSPS) is 24.8. The lowest BCUT2D eigenvalue weighted by atomic mass is 9.81. The van der Waals surface area contributed by atoms with Crippen LogP contribution in [0, 0.1) is 5.92 Å². The number of nitrogens with zero attached hydrogens (tertiary/aromatic N) is 3. The van der Waals surface area contributed by atoms with Gasteiger partial charge in [-0.1, -0.05) is 11.8 Å². The van der Waals surface area contributed by atoms with Gasteiger partial charge >= 0.3 is 7.12 Å². The number of likely N-dealkylation sites (tertiary alicyclic amines) is 1. The first-order chi connectivity index (χ1) is 11.7. The average molecular weight is 363 g/mol. The van der Waals surface area contributed by atoms with Gasteiger partial charge in [0.1, 0.15) is 0 Å². The Bertz CT molecular complexity index is 623. The Morgan fingerprint density at radius 2 is 1.88 bits per heavy atom. The van der Waals surface area contributed by atoms with Gasteiger partial charge in [-0.25, -0.2) is 9.97 Å². The van der Waals surface area contributed by atoms with Crippen LogP contribution in [0.5, 0.6) is 0 Å². The van der Waals surface area contributed by atoms with E-state index in [1.807, 2.05) is 32.6 Å². The highest BCUT2D eigenvalue weighted by Gasteiger charge is 2.51. The third-order valence-electron chi connectivity index (χ3n) is 5.35. The molecule has 0 spiro atoms. The molecule has 3 heterocycles. The van der Waals surface area contributed by atoms with E-state index in [-0.39, 0.29) is 17.1 Å². The minimum absolute atomic E-state index is 0.163. The maximum absolute atomic E-state index is 11.4. The molecule has 0 unspecified atom stereocenters. The van der Waals surface area contributed by atoms with Crippen molar-refractivity contribution in [2.24, 2.45) is 5.92 Å². The van der Waals surface area contributed by atoms with Crippen molar-refractivity contribution in [2.45, 2.75) is 57.4 Å². The van der Waals surface area contributed by atoms with Gasteiger partial charge < -0.3 is 14.2 Å². The van der Waals surface area contributed by atoms with E-state index in [2.05, 4.69) is 9.97 Å². The van der Waals surface area contributed by atoms with Crippen molar-refractivity contribution < 1.29 is 14.1 Å². The van der Waals surface area contributed by atoms with Gasteiger partial charge in [0.2, 0.25) is 5.91 Å². The number of rotatable bonds is 4. The summed E-state index contributed by atoms with van der Waals surface area (Å²) in [7, 11) is -0.428. The Kier molecular flexibility index (Phi) is 5.15. The second-order valence-corrected chi connectivity index (χ2v) is 8.81. The van der Waals surface area contributed by atoms with Gasteiger partial charge in [-0.2, -0.15) is 0 Å². The molecule has 1 atom stereocenters. The lowest BCUT2D eigenvalue weighted by Crippen LogP contribution is -2.41. The fourth-order valence-corrected chi connectivity index (χ4v) is 3.86. The number of hydrogen-bond acceptors (Lipinski definition) is 6. The van der Waals surface area contributed by atoms with E-state index in [0.29, 0.717) is 5.92 Å². The molecule has 2 aliphatic rings. The summed E-state index contributed by atoms with van der Waals surface area (Å²) >= 11 is 1.64. The molecule has 2 saturated heterocycles. The molecule has 25 heavy (non-hydrogen) atoms. The molecule has 1 amide bonds. The van der Waals surface area contributed by atoms with Crippen LogP contribution in [0.1, 0.15) is 41.0 Å². The van der Waals surface area contributed by atoms with Gasteiger partial charge in [-0.05, 0) is 40.0 Å². The number of aromatic nitrogens is 2. The maximum atomic E-state index is 11.4. The van der Waals surface area contributed by atoms with E-state index >= 15 is 0 Å². The number of hydrogen-bond donors (Lipinski definition) is 0. The predicted octanol–water partition coefficient (Wildman–Crippen LogP) is 1.74. The fourth-order valence-electron chi connectivity index (χ4n) is 2.95. The van der Waals surface area contributed by atoms with E-state index in [1.54, 1.807) is 31.1 Å². The Balaban J connectivity index is 1.54. The lowest BCUT2D eigenvalue weighted by molar-refractivity contribution is -0.127. The molecule has 0 aliphatic carbocycles. The van der Waals surface area contributed by atoms with Crippen molar-refractivity contribution in [3.05, 3.63) is 12.4 Å². The van der Waals surface area contributed by atoms with Crippen LogP contribution in [0.25, 0.3) is 0 Å². The topological polar surface area (TPSA) is 64.6 Å². The molecule has 6 nitrogen and oxygen atoms in total. The van der Waals surface area contributed by atoms with E-state index in [9.17, 15) is 4.79 Å². The van der Waals surface area contributed by atoms with Gasteiger partial charge in [-0.15, -0.1) is 0 Å². The first-order valence-electron chi connectivity index (χ1n) is 8.74. The maximum Gasteiger partial charge on any atom is 0.498 e. The highest BCUT2D eigenvalue weighted by molar-refractivity contribution is 7.99. The summed E-state index contributed by atoms with van der Waals surface area (Å²) in [5, 5.41) is 0.751. The van der Waals surface area contributed by atoms with Crippen LogP contribution in [0.4, 0.5) is 0 Å². The second kappa shape index (κ2) is 6.89. The third kappa shape index (κ3) is 4.01. The summed E-state index contributed by atoms with van der Waals surface area (Å²) in [6.45, 7) is 11.5. The molecule has 3 rings (SSSR count). The summed E-state index contributed by atoms with van der Waals surface area (Å²) < 4.78 is 12.0. The Labute approximate surface area is 154 Å². The summed E-state index contributed by atoms with van der Waals surface area (Å²) in [6.07, 6.45) is 4.63. The zero-order valence-electron chi connectivity index (χ0n) is 15.6. The highest BCUT2D eigenvalue weighted by Crippen LogP contribution is 2.36. The smallest absolute Gasteiger partial charge is 0.399 e. The molecule has 1 aromatic rings. The Morgan fingerprint density at radius 1 is 1.28 bits per heavy atom. The summed E-state index contributed by atoms with van der Waals surface area (Å²) in [5.41, 5.74) is 0.110. The van der Waals surface area contributed by atoms with Crippen molar-refractivity contribution in [3.8, 4) is 0 Å². The van der Waals surface area contributed by atoms with Crippen LogP contribution < -0.4 is 5.46 Å². The van der Waals surface area contributed by atoms with Crippen LogP contribution in [0.15, 0.2) is 17.6 Å². The van der Waals surface area contributed by atoms with Crippen LogP contribution >= 0.6 is 11.8 Å². The van der Waals surface area contributed by atoms with Gasteiger partial charge in [0.25, 0.3) is 0 Å². The van der Waals surface area contributed by atoms with Crippen LogP contribution in [-0.4, -0.2) is 57.9 Å². The Morgan fingerprint density at radius 3 is 2.40 bits per heavy atom. The van der Waals surface area contributed by atoms with Crippen molar-refractivity contribution in [3.63, 3.8) is 0 Å². The molecular weight excluding hydrogens is 337 g/mol. The van der Waals surface area contributed by atoms with E-state index < -0.39 is 7.12 Å². The zero-order chi connectivity index (χ0) is 18.2. The molecule has 0 radical (unpaired) electrons. The quantitative estimate of drug-likeness (QED) is 0.461. The van der Waals surface area contributed by atoms with Crippen LogP contribution in [0.3, 0.4) is 0 Å². The monoisotopic (exact) mass is 363 g/mol. The fraction of sp³-hybridized carbons (Fsp3) is 0.706. The third-order valence-corrected chi connectivity index (χ3v) is 6.46. The largest absolute Gasteiger partial charge is 0.498 e. The number of amides is 1. The minimum atomic E-state index is -0.428. The average Bonchev–Trinajstić information content (AvgIpc) is 3.09. The molecule has 0 bridgehead atoms. The zero-order valence-corrected chi connectivity index (χ0v) is 16.4. The molecule has 2 fully saturated rings. The summed E-state index contributed by atoms with van der Waals surface area (Å²) in [4.78, 5) is 22.2. The highest BCUT2D eigenvalue weighted by atomic mass is 32.2. The first-order valence-corrected chi connectivity index (χ1v) is 9.72. The van der Waals surface area contributed by atoms with Crippen LogP contribution in [0.2, 0.25) is 0 Å². The predicted molar refractivity (Wildman–Crippen MR) is 98.8 cm³/mol. The molecule has 8 heteroatoms. The molecule has 2 aliphatic heterocycles. The van der Waals surface area contributed by atoms with Gasteiger partial charge in [-0.3, -0.25) is 4.79 Å². The molecule has 136 valence electrons. The molecule has 0 aromatic carbocycles. The van der Waals surface area contributed by atoms with E-state index in [1.165, 1.54) is 0 Å². The van der Waals surface area contributed by atoms with Gasteiger partial charge in [0, 0.05) is 43.6 Å².